The van der Waals surface area contributed by atoms with E-state index in [0.717, 1.165) is 10.0 Å². The molecular weight excluding hydrogens is 477 g/mol. The number of aliphatic hydroxyl groups is 1. The summed E-state index contributed by atoms with van der Waals surface area (Å²) in [6.45, 7) is 0. The first kappa shape index (κ1) is 21.2. The van der Waals surface area contributed by atoms with Crippen molar-refractivity contribution < 1.29 is 23.7 Å². The van der Waals surface area contributed by atoms with Crippen LogP contribution in [-0.4, -0.2) is 25.4 Å². The molecule has 0 spiro atoms. The molecular formula is C25H23BrFNO4. The second kappa shape index (κ2) is 7.47. The highest BCUT2D eigenvalue weighted by molar-refractivity contribution is 9.10. The SMILES string of the molecule is COc1cc(OC)c2c(c1)O[C@@]1(c3ccc(Br)cc3)[C@H](c3cccc(F)c3)C[C@H](N)[C@@]21O. The van der Waals surface area contributed by atoms with Crippen LogP contribution in [0.4, 0.5) is 4.39 Å². The third-order valence-corrected chi connectivity index (χ3v) is 7.28. The van der Waals surface area contributed by atoms with Crippen LogP contribution < -0.4 is 19.9 Å². The van der Waals surface area contributed by atoms with Crippen LogP contribution in [0.3, 0.4) is 0 Å². The van der Waals surface area contributed by atoms with Gasteiger partial charge in [0.1, 0.15) is 23.1 Å². The van der Waals surface area contributed by atoms with Crippen LogP contribution in [0.25, 0.3) is 0 Å². The molecule has 7 heteroatoms. The second-order valence-electron chi connectivity index (χ2n) is 8.26. The Labute approximate surface area is 194 Å². The van der Waals surface area contributed by atoms with Crippen LogP contribution in [0.1, 0.15) is 29.0 Å². The third kappa shape index (κ3) is 2.74. The Hall–Kier alpha value is -2.61. The van der Waals surface area contributed by atoms with Crippen molar-refractivity contribution in [1.29, 1.82) is 0 Å². The highest BCUT2D eigenvalue weighted by atomic mass is 79.9. The standard InChI is InChI=1S/C25H23BrFNO4/c1-30-18-11-20(31-2)23-21(12-18)32-25(15-6-8-16(26)9-7-15)19(13-22(28)24(23,25)29)14-4-3-5-17(27)10-14/h3-12,19,22,29H,13,28H2,1-2H3/t19-,22-,24+,25-/m0/s1. The topological polar surface area (TPSA) is 73.9 Å². The summed E-state index contributed by atoms with van der Waals surface area (Å²) in [6.07, 6.45) is 0.393. The van der Waals surface area contributed by atoms with Crippen LogP contribution in [0.2, 0.25) is 0 Å². The van der Waals surface area contributed by atoms with Gasteiger partial charge in [-0.1, -0.05) is 40.2 Å². The number of hydrogen-bond donors (Lipinski definition) is 2. The van der Waals surface area contributed by atoms with Crippen molar-refractivity contribution in [2.75, 3.05) is 14.2 Å². The Kier molecular flexibility index (Phi) is 4.96. The fourth-order valence-corrected chi connectivity index (χ4v) is 5.66. The molecule has 0 unspecified atom stereocenters. The molecule has 1 aliphatic heterocycles. The lowest BCUT2D eigenvalue weighted by atomic mass is 9.71. The van der Waals surface area contributed by atoms with Crippen molar-refractivity contribution in [3.63, 3.8) is 0 Å². The minimum absolute atomic E-state index is 0.354. The lowest BCUT2D eigenvalue weighted by molar-refractivity contribution is -0.113. The Morgan fingerprint density at radius 3 is 2.50 bits per heavy atom. The molecule has 5 nitrogen and oxygen atoms in total. The maximum Gasteiger partial charge on any atom is 0.175 e. The summed E-state index contributed by atoms with van der Waals surface area (Å²) < 4.78 is 32.9. The van der Waals surface area contributed by atoms with Gasteiger partial charge >= 0.3 is 0 Å². The number of ether oxygens (including phenoxy) is 3. The van der Waals surface area contributed by atoms with Crippen molar-refractivity contribution in [2.24, 2.45) is 5.73 Å². The summed E-state index contributed by atoms with van der Waals surface area (Å²) in [6, 6.07) is 16.7. The lowest BCUT2D eigenvalue weighted by Gasteiger charge is -2.41. The molecule has 4 atom stereocenters. The van der Waals surface area contributed by atoms with E-state index in [1.165, 1.54) is 19.2 Å². The maximum atomic E-state index is 14.2. The van der Waals surface area contributed by atoms with Crippen LogP contribution >= 0.6 is 15.9 Å². The van der Waals surface area contributed by atoms with E-state index in [1.54, 1.807) is 25.3 Å². The molecule has 1 aliphatic carbocycles. The molecule has 0 radical (unpaired) electrons. The zero-order chi connectivity index (χ0) is 22.7. The molecule has 1 fully saturated rings. The van der Waals surface area contributed by atoms with Gasteiger partial charge in [-0.05, 0) is 41.8 Å². The average molecular weight is 500 g/mol. The number of hydrogen-bond acceptors (Lipinski definition) is 5. The molecule has 32 heavy (non-hydrogen) atoms. The Bertz CT molecular complexity index is 1190. The summed E-state index contributed by atoms with van der Waals surface area (Å²) in [5.74, 6) is 0.625. The second-order valence-corrected chi connectivity index (χ2v) is 9.18. The number of rotatable bonds is 4. The first-order valence-electron chi connectivity index (χ1n) is 10.3. The third-order valence-electron chi connectivity index (χ3n) is 6.75. The fraction of sp³-hybridized carbons (Fsp3) is 0.280. The highest BCUT2D eigenvalue weighted by Gasteiger charge is 2.72. The van der Waals surface area contributed by atoms with E-state index in [2.05, 4.69) is 15.9 Å². The smallest absolute Gasteiger partial charge is 0.175 e. The minimum Gasteiger partial charge on any atom is -0.496 e. The normalized spacial score (nSPS) is 28.1. The number of halogens is 2. The molecule has 5 rings (SSSR count). The average Bonchev–Trinajstić information content (AvgIpc) is 3.19. The number of methoxy groups -OCH3 is 2. The monoisotopic (exact) mass is 499 g/mol. The van der Waals surface area contributed by atoms with Crippen LogP contribution in [0.5, 0.6) is 17.2 Å². The minimum atomic E-state index is -1.62. The Morgan fingerprint density at radius 1 is 1.09 bits per heavy atom. The number of benzene rings is 3. The van der Waals surface area contributed by atoms with Crippen molar-refractivity contribution in [2.45, 2.75) is 29.6 Å². The van der Waals surface area contributed by atoms with Crippen molar-refractivity contribution in [1.82, 2.24) is 0 Å². The first-order chi connectivity index (χ1) is 15.3. The van der Waals surface area contributed by atoms with E-state index in [0.29, 0.717) is 34.8 Å². The molecule has 3 N–H and O–H groups in total. The fourth-order valence-electron chi connectivity index (χ4n) is 5.40. The van der Waals surface area contributed by atoms with E-state index in [-0.39, 0.29) is 5.82 Å². The van der Waals surface area contributed by atoms with Gasteiger partial charge in [0.05, 0.1) is 19.8 Å². The van der Waals surface area contributed by atoms with Gasteiger partial charge in [0, 0.05) is 28.6 Å². The summed E-state index contributed by atoms with van der Waals surface area (Å²) >= 11 is 3.48. The van der Waals surface area contributed by atoms with Crippen molar-refractivity contribution >= 4 is 15.9 Å². The Balaban J connectivity index is 1.82. The predicted molar refractivity (Wildman–Crippen MR) is 122 cm³/mol. The number of fused-ring (bicyclic) bond motifs is 3. The van der Waals surface area contributed by atoms with Gasteiger partial charge in [-0.2, -0.15) is 0 Å². The summed E-state index contributed by atoms with van der Waals surface area (Å²) in [4.78, 5) is 0. The van der Waals surface area contributed by atoms with Gasteiger partial charge in [0.2, 0.25) is 0 Å². The van der Waals surface area contributed by atoms with Gasteiger partial charge in [-0.3, -0.25) is 0 Å². The van der Waals surface area contributed by atoms with E-state index < -0.39 is 23.2 Å². The molecule has 3 aromatic rings. The molecule has 0 saturated heterocycles. The zero-order valence-corrected chi connectivity index (χ0v) is 19.2. The molecule has 0 bridgehead atoms. The van der Waals surface area contributed by atoms with Crippen molar-refractivity contribution in [3.8, 4) is 17.2 Å². The quantitative estimate of drug-likeness (QED) is 0.548. The van der Waals surface area contributed by atoms with Crippen LogP contribution in [-0.2, 0) is 11.2 Å². The van der Waals surface area contributed by atoms with Crippen LogP contribution in [0, 0.1) is 5.82 Å². The zero-order valence-electron chi connectivity index (χ0n) is 17.6. The summed E-state index contributed by atoms with van der Waals surface area (Å²) in [5.41, 5.74) is 5.68. The van der Waals surface area contributed by atoms with Crippen molar-refractivity contribution in [3.05, 3.63) is 87.6 Å². The molecule has 166 valence electrons. The van der Waals surface area contributed by atoms with Gasteiger partial charge < -0.3 is 25.1 Å². The predicted octanol–water partition coefficient (Wildman–Crippen LogP) is 4.60. The lowest BCUT2D eigenvalue weighted by Crippen LogP contribution is -2.54. The van der Waals surface area contributed by atoms with Gasteiger partial charge in [-0.15, -0.1) is 0 Å². The van der Waals surface area contributed by atoms with E-state index >= 15 is 0 Å². The molecule has 1 saturated carbocycles. The first-order valence-corrected chi connectivity index (χ1v) is 11.1. The molecule has 0 aromatic heterocycles. The summed E-state index contributed by atoms with van der Waals surface area (Å²) in [5, 5.41) is 12.4. The molecule has 0 amide bonds. The van der Waals surface area contributed by atoms with Gasteiger partial charge in [0.15, 0.2) is 11.2 Å². The molecule has 1 heterocycles. The van der Waals surface area contributed by atoms with Gasteiger partial charge in [-0.25, -0.2) is 4.39 Å². The molecule has 3 aromatic carbocycles. The highest BCUT2D eigenvalue weighted by Crippen LogP contribution is 2.68. The molecule has 2 aliphatic rings. The summed E-state index contributed by atoms with van der Waals surface area (Å²) in [7, 11) is 3.08. The maximum absolute atomic E-state index is 14.2. The van der Waals surface area contributed by atoms with E-state index in [4.69, 9.17) is 19.9 Å². The largest absolute Gasteiger partial charge is 0.496 e. The number of nitrogens with two attached hydrogens (primary N) is 1. The van der Waals surface area contributed by atoms with E-state index in [1.807, 2.05) is 30.3 Å². The van der Waals surface area contributed by atoms with Crippen LogP contribution in [0.15, 0.2) is 65.1 Å². The Morgan fingerprint density at radius 2 is 1.84 bits per heavy atom. The van der Waals surface area contributed by atoms with E-state index in [9.17, 15) is 9.50 Å². The van der Waals surface area contributed by atoms with Gasteiger partial charge in [0.25, 0.3) is 0 Å².